The average molecular weight is 531 g/mol. The molecule has 3 aliphatic rings. The Morgan fingerprint density at radius 1 is 1.14 bits per heavy atom. The molecule has 0 aromatic rings. The van der Waals surface area contributed by atoms with Crippen LogP contribution in [0.25, 0.3) is 0 Å². The molecule has 3 rings (SSSR count). The number of carbonyl (C=O) groups is 4. The number of primary amides is 1. The van der Waals surface area contributed by atoms with E-state index < -0.39 is 79.5 Å². The molecular weight excluding hydrogens is 474 g/mol. The number of aliphatic hydroxyl groups is 1. The van der Waals surface area contributed by atoms with Gasteiger partial charge in [-0.1, -0.05) is 53.9 Å². The second-order valence-corrected chi connectivity index (χ2v) is 12.5. The van der Waals surface area contributed by atoms with Crippen molar-refractivity contribution in [2.75, 3.05) is 6.54 Å². The predicted molar refractivity (Wildman–Crippen MR) is 140 cm³/mol. The second kappa shape index (κ2) is 10.1. The van der Waals surface area contributed by atoms with Crippen LogP contribution in [0.1, 0.15) is 93.2 Å². The van der Waals surface area contributed by atoms with Gasteiger partial charge in [-0.15, -0.1) is 0 Å². The number of amides is 5. The third-order valence-electron chi connectivity index (χ3n) is 8.26. The van der Waals surface area contributed by atoms with Gasteiger partial charge in [0, 0.05) is 24.4 Å². The van der Waals surface area contributed by atoms with Crippen LogP contribution < -0.4 is 21.7 Å². The summed E-state index contributed by atoms with van der Waals surface area (Å²) in [5, 5.41) is 17.3. The van der Waals surface area contributed by atoms with E-state index in [2.05, 4.69) is 10.6 Å². The van der Waals surface area contributed by atoms with Crippen molar-refractivity contribution < 1.29 is 36.6 Å². The third kappa shape index (κ3) is 6.38. The Labute approximate surface area is 233 Å². The molecule has 0 aromatic heterocycles. The molecule has 2 unspecified atom stereocenters. The standard InChI is InChI=1S/C27H47N5O5/c1-25(2,3)20(30-24(37)31-26(4,5)6)23(36)32-13-15-17(27(15,7)8)18(32)22(35)29-16(19(33)21(28)34)12-14-10-9-11-14/h14-20,33H,9-13H2,1-8H3,(H2,28,34)(H,29,35)(H2,30,31,37)/t15-,16?,17-,18-,19?,20+/m0/s1/i4D3,5D3,6D3. The molecule has 10 heteroatoms. The lowest BCUT2D eigenvalue weighted by molar-refractivity contribution is -0.144. The van der Waals surface area contributed by atoms with Gasteiger partial charge >= 0.3 is 6.03 Å². The molecule has 0 spiro atoms. The van der Waals surface area contributed by atoms with Crippen molar-refractivity contribution in [1.29, 1.82) is 0 Å². The summed E-state index contributed by atoms with van der Waals surface area (Å²) in [5.74, 6) is -2.56. The zero-order valence-corrected chi connectivity index (χ0v) is 22.2. The SMILES string of the molecule is [2H]C([2H])([2H])C(NC(=O)N[C@H](C(=O)N1C[C@H]2[C@@H]([C@H]1C(=O)NC(CC1CCC1)C(O)C(N)=O)C2(C)C)C(C)(C)C)(C([2H])([2H])[2H])C([2H])([2H])[2H]. The summed E-state index contributed by atoms with van der Waals surface area (Å²) in [5.41, 5.74) is 0.275. The fourth-order valence-electron chi connectivity index (χ4n) is 5.79. The summed E-state index contributed by atoms with van der Waals surface area (Å²) < 4.78 is 70.0. The van der Waals surface area contributed by atoms with Crippen molar-refractivity contribution in [2.45, 2.75) is 111 Å². The molecule has 1 heterocycles. The largest absolute Gasteiger partial charge is 0.381 e. The van der Waals surface area contributed by atoms with Gasteiger partial charge in [0.05, 0.1) is 6.04 Å². The number of nitrogens with two attached hydrogens (primary N) is 1. The zero-order valence-electron chi connectivity index (χ0n) is 31.2. The molecule has 6 N–H and O–H groups in total. The summed E-state index contributed by atoms with van der Waals surface area (Å²) in [4.78, 5) is 54.5. The number of urea groups is 1. The molecule has 210 valence electrons. The number of hydrogen-bond donors (Lipinski definition) is 5. The monoisotopic (exact) mass is 530 g/mol. The van der Waals surface area contributed by atoms with Crippen LogP contribution in [0, 0.1) is 28.6 Å². The summed E-state index contributed by atoms with van der Waals surface area (Å²) in [6.07, 6.45) is 1.40. The summed E-state index contributed by atoms with van der Waals surface area (Å²) in [6.45, 7) is -2.38. The van der Waals surface area contributed by atoms with E-state index in [9.17, 15) is 24.3 Å². The molecule has 2 saturated carbocycles. The third-order valence-corrected chi connectivity index (χ3v) is 8.26. The molecule has 1 saturated heterocycles. The minimum absolute atomic E-state index is 0.0953. The number of hydrogen-bond acceptors (Lipinski definition) is 5. The maximum atomic E-state index is 14.2. The number of nitrogens with zero attached hydrogens (tertiary/aromatic N) is 1. The first-order valence-corrected chi connectivity index (χ1v) is 12.8. The van der Waals surface area contributed by atoms with Crippen LogP contribution in [0.5, 0.6) is 0 Å². The lowest BCUT2D eigenvalue weighted by atomic mass is 9.79. The van der Waals surface area contributed by atoms with Gasteiger partial charge in [-0.05, 0) is 55.6 Å². The predicted octanol–water partition coefficient (Wildman–Crippen LogP) is 1.50. The van der Waals surface area contributed by atoms with Crippen LogP contribution in [0.3, 0.4) is 0 Å². The van der Waals surface area contributed by atoms with E-state index in [0.717, 1.165) is 19.3 Å². The number of fused-ring (bicyclic) bond motifs is 1. The van der Waals surface area contributed by atoms with Gasteiger partial charge in [-0.3, -0.25) is 14.4 Å². The van der Waals surface area contributed by atoms with E-state index in [4.69, 9.17) is 18.1 Å². The van der Waals surface area contributed by atoms with Crippen LogP contribution in [0.2, 0.25) is 0 Å². The van der Waals surface area contributed by atoms with Crippen LogP contribution in [-0.4, -0.2) is 70.1 Å². The van der Waals surface area contributed by atoms with Crippen LogP contribution in [0.15, 0.2) is 0 Å². The minimum Gasteiger partial charge on any atom is -0.381 e. The topological polar surface area (TPSA) is 154 Å². The van der Waals surface area contributed by atoms with Gasteiger partial charge in [-0.25, -0.2) is 4.79 Å². The van der Waals surface area contributed by atoms with Crippen molar-refractivity contribution in [3.05, 3.63) is 0 Å². The smallest absolute Gasteiger partial charge is 0.315 e. The first kappa shape index (κ1) is 18.8. The lowest BCUT2D eigenvalue weighted by Gasteiger charge is -2.39. The van der Waals surface area contributed by atoms with E-state index in [1.807, 2.05) is 13.8 Å². The molecule has 0 bridgehead atoms. The Bertz CT molecular complexity index is 1170. The van der Waals surface area contributed by atoms with Gasteiger partial charge in [-0.2, -0.15) is 0 Å². The first-order chi connectivity index (χ1) is 20.6. The molecule has 3 fully saturated rings. The van der Waals surface area contributed by atoms with E-state index >= 15 is 0 Å². The van der Waals surface area contributed by atoms with Crippen molar-refractivity contribution in [2.24, 2.45) is 34.3 Å². The van der Waals surface area contributed by atoms with E-state index in [0.29, 0.717) is 6.42 Å². The number of carbonyl (C=O) groups excluding carboxylic acids is 4. The normalized spacial score (nSPS) is 31.9. The first-order valence-electron chi connectivity index (χ1n) is 17.3. The number of nitrogens with one attached hydrogen (secondary N) is 3. The molecular formula is C27H47N5O5. The number of rotatable bonds is 8. The number of piperidine rings is 1. The van der Waals surface area contributed by atoms with Crippen molar-refractivity contribution in [1.82, 2.24) is 20.9 Å². The van der Waals surface area contributed by atoms with Crippen molar-refractivity contribution >= 4 is 23.8 Å². The minimum atomic E-state index is -3.71. The van der Waals surface area contributed by atoms with Gasteiger partial charge in [0.2, 0.25) is 17.7 Å². The molecule has 37 heavy (non-hydrogen) atoms. The van der Waals surface area contributed by atoms with Gasteiger partial charge in [0.25, 0.3) is 0 Å². The fourth-order valence-corrected chi connectivity index (χ4v) is 5.79. The van der Waals surface area contributed by atoms with Crippen molar-refractivity contribution in [3.63, 3.8) is 0 Å². The average Bonchev–Trinajstić information content (AvgIpc) is 3.17. The molecule has 6 atom stereocenters. The lowest BCUT2D eigenvalue weighted by Crippen LogP contribution is -2.62. The summed E-state index contributed by atoms with van der Waals surface area (Å²) >= 11 is 0. The molecule has 10 nitrogen and oxygen atoms in total. The van der Waals surface area contributed by atoms with Gasteiger partial charge in [0.1, 0.15) is 12.1 Å². The Balaban J connectivity index is 1.92. The Kier molecular flexibility index (Phi) is 5.12. The molecule has 5 amide bonds. The Hall–Kier alpha value is -2.36. The van der Waals surface area contributed by atoms with E-state index in [-0.39, 0.29) is 29.7 Å². The molecule has 0 aromatic carbocycles. The molecule has 2 aliphatic carbocycles. The van der Waals surface area contributed by atoms with Gasteiger partial charge in [0.15, 0.2) is 6.10 Å². The van der Waals surface area contributed by atoms with E-state index in [1.54, 1.807) is 26.1 Å². The highest BCUT2D eigenvalue weighted by molar-refractivity contribution is 5.94. The Morgan fingerprint density at radius 3 is 2.24 bits per heavy atom. The highest BCUT2D eigenvalue weighted by Crippen LogP contribution is 2.65. The summed E-state index contributed by atoms with van der Waals surface area (Å²) in [6, 6.07) is -5.01. The van der Waals surface area contributed by atoms with Gasteiger partial charge < -0.3 is 31.7 Å². The number of aliphatic hydroxyl groups excluding tert-OH is 1. The molecule has 0 radical (unpaired) electrons. The van der Waals surface area contributed by atoms with E-state index in [1.165, 1.54) is 4.90 Å². The highest BCUT2D eigenvalue weighted by atomic mass is 16.3. The Morgan fingerprint density at radius 2 is 1.76 bits per heavy atom. The van der Waals surface area contributed by atoms with Crippen molar-refractivity contribution in [3.8, 4) is 0 Å². The highest BCUT2D eigenvalue weighted by Gasteiger charge is 2.69. The summed E-state index contributed by atoms with van der Waals surface area (Å²) in [7, 11) is 0. The maximum Gasteiger partial charge on any atom is 0.315 e. The quantitative estimate of drug-likeness (QED) is 0.322. The van der Waals surface area contributed by atoms with Crippen LogP contribution in [-0.2, 0) is 14.4 Å². The fraction of sp³-hybridized carbons (Fsp3) is 0.852. The van der Waals surface area contributed by atoms with Crippen LogP contribution >= 0.6 is 0 Å². The zero-order chi connectivity index (χ0) is 35.6. The second-order valence-electron chi connectivity index (χ2n) is 12.5. The molecule has 1 aliphatic heterocycles. The maximum absolute atomic E-state index is 14.2. The number of likely N-dealkylation sites (tertiary alicyclic amines) is 1. The van der Waals surface area contributed by atoms with Crippen LogP contribution in [0.4, 0.5) is 4.79 Å².